The van der Waals surface area contributed by atoms with Crippen LogP contribution in [0.1, 0.15) is 41.4 Å². The van der Waals surface area contributed by atoms with E-state index in [0.29, 0.717) is 23.1 Å². The van der Waals surface area contributed by atoms with E-state index in [1.165, 1.54) is 6.07 Å². The van der Waals surface area contributed by atoms with E-state index in [0.717, 1.165) is 23.3 Å². The van der Waals surface area contributed by atoms with E-state index < -0.39 is 39.3 Å². The zero-order valence-corrected chi connectivity index (χ0v) is 24.8. The van der Waals surface area contributed by atoms with Gasteiger partial charge in [0.05, 0.1) is 17.4 Å². The van der Waals surface area contributed by atoms with Crippen LogP contribution in [-0.2, 0) is 14.8 Å². The summed E-state index contributed by atoms with van der Waals surface area (Å²) in [7, 11) is -3.83. The van der Waals surface area contributed by atoms with Crippen molar-refractivity contribution in [1.82, 2.24) is 10.2 Å². The predicted octanol–water partition coefficient (Wildman–Crippen LogP) is 4.84. The molecule has 3 aromatic rings. The van der Waals surface area contributed by atoms with Crippen LogP contribution in [0.2, 0.25) is 10.0 Å². The molecule has 2 amide bonds. The summed E-state index contributed by atoms with van der Waals surface area (Å²) in [5, 5.41) is 3.65. The van der Waals surface area contributed by atoms with Crippen molar-refractivity contribution in [3.63, 3.8) is 0 Å². The van der Waals surface area contributed by atoms with Gasteiger partial charge in [-0.25, -0.2) is 12.8 Å². The van der Waals surface area contributed by atoms with Crippen LogP contribution in [0.4, 0.5) is 10.1 Å². The first-order chi connectivity index (χ1) is 19.3. The van der Waals surface area contributed by atoms with E-state index in [1.807, 2.05) is 48.5 Å². The molecule has 41 heavy (non-hydrogen) atoms. The van der Waals surface area contributed by atoms with Crippen molar-refractivity contribution in [3.8, 4) is 0 Å². The van der Waals surface area contributed by atoms with Gasteiger partial charge in [0.25, 0.3) is 5.91 Å². The molecule has 1 saturated heterocycles. The summed E-state index contributed by atoms with van der Waals surface area (Å²) in [4.78, 5) is 26.5. The predicted molar refractivity (Wildman–Crippen MR) is 159 cm³/mol. The molecule has 8 nitrogen and oxygen atoms in total. The molecule has 1 atom stereocenters. The number of hydrogen-bond donors (Lipinski definition) is 3. The molecule has 4 N–H and O–H groups in total. The van der Waals surface area contributed by atoms with E-state index in [-0.39, 0.29) is 29.3 Å². The molecule has 0 aliphatic carbocycles. The maximum atomic E-state index is 14.4. The van der Waals surface area contributed by atoms with Crippen LogP contribution >= 0.6 is 23.2 Å². The quantitative estimate of drug-likeness (QED) is 0.283. The Bertz CT molecular complexity index is 1470. The van der Waals surface area contributed by atoms with Gasteiger partial charge in [0.15, 0.2) is 0 Å². The van der Waals surface area contributed by atoms with Crippen molar-refractivity contribution in [2.24, 2.45) is 17.6 Å². The van der Waals surface area contributed by atoms with Gasteiger partial charge < -0.3 is 11.1 Å². The van der Waals surface area contributed by atoms with E-state index in [9.17, 15) is 22.4 Å². The monoisotopic (exact) mass is 620 g/mol. The number of halogens is 3. The van der Waals surface area contributed by atoms with Crippen LogP contribution in [0.25, 0.3) is 0 Å². The Kier molecular flexibility index (Phi) is 9.59. The molecule has 1 fully saturated rings. The maximum Gasteiger partial charge on any atom is 0.254 e. The lowest BCUT2D eigenvalue weighted by molar-refractivity contribution is -0.120. The smallest absolute Gasteiger partial charge is 0.254 e. The summed E-state index contributed by atoms with van der Waals surface area (Å²) < 4.78 is 42.9. The Morgan fingerprint density at radius 3 is 2.00 bits per heavy atom. The van der Waals surface area contributed by atoms with Crippen molar-refractivity contribution < 1.29 is 22.4 Å². The summed E-state index contributed by atoms with van der Waals surface area (Å²) in [5.41, 5.74) is 7.00. The van der Waals surface area contributed by atoms with Crippen LogP contribution < -0.4 is 15.8 Å². The van der Waals surface area contributed by atoms with E-state index in [4.69, 9.17) is 28.9 Å². The van der Waals surface area contributed by atoms with Crippen LogP contribution in [0, 0.1) is 17.7 Å². The molecule has 12 heteroatoms. The Hall–Kier alpha value is -3.18. The number of likely N-dealkylation sites (tertiary alicyclic amines) is 1. The fraction of sp³-hybridized carbons (Fsp3) is 0.310. The van der Waals surface area contributed by atoms with Crippen molar-refractivity contribution in [1.29, 1.82) is 0 Å². The number of nitrogens with zero attached hydrogens (tertiary/aromatic N) is 1. The second kappa shape index (κ2) is 12.8. The third-order valence-corrected chi connectivity index (χ3v) is 8.88. The average molecular weight is 622 g/mol. The molecule has 0 bridgehead atoms. The van der Waals surface area contributed by atoms with Gasteiger partial charge in [0.2, 0.25) is 15.9 Å². The molecular formula is C29H31Cl2FN4O4S. The first-order valence-corrected chi connectivity index (χ1v) is 15.4. The Labute approximate surface area is 249 Å². The first-order valence-electron chi connectivity index (χ1n) is 13.0. The fourth-order valence-electron chi connectivity index (χ4n) is 4.91. The molecule has 0 radical (unpaired) electrons. The Balaban J connectivity index is 1.43. The minimum atomic E-state index is -3.83. The van der Waals surface area contributed by atoms with Crippen molar-refractivity contribution in [2.75, 3.05) is 23.6 Å². The van der Waals surface area contributed by atoms with Gasteiger partial charge in [-0.1, -0.05) is 61.3 Å². The second-order valence-corrected chi connectivity index (χ2v) is 13.1. The molecule has 3 aromatic carbocycles. The largest absolute Gasteiger partial charge is 0.368 e. The molecule has 0 aromatic heterocycles. The van der Waals surface area contributed by atoms with E-state index in [2.05, 4.69) is 14.9 Å². The molecule has 0 saturated carbocycles. The number of benzene rings is 3. The zero-order valence-electron chi connectivity index (χ0n) is 22.5. The number of rotatable bonds is 11. The number of carbonyl (C=O) groups excluding carboxylic acids is 2. The number of amides is 2. The SMILES string of the molecule is CC(C)C(NC(=O)c1cc(NS(=O)(=O)CC2CN(C(c3ccc(Cl)cc3)c3ccc(Cl)cc3)C2)ccc1F)C(N)=O. The number of primary amides is 1. The fourth-order valence-corrected chi connectivity index (χ4v) is 6.56. The highest BCUT2D eigenvalue weighted by atomic mass is 35.5. The molecule has 1 aliphatic rings. The second-order valence-electron chi connectivity index (χ2n) is 10.5. The molecule has 4 rings (SSSR count). The molecule has 1 heterocycles. The highest BCUT2D eigenvalue weighted by Gasteiger charge is 2.36. The van der Waals surface area contributed by atoms with Crippen molar-refractivity contribution >= 4 is 50.7 Å². The molecule has 1 aliphatic heterocycles. The van der Waals surface area contributed by atoms with Crippen LogP contribution in [0.15, 0.2) is 66.7 Å². The van der Waals surface area contributed by atoms with Crippen LogP contribution in [-0.4, -0.2) is 50.0 Å². The summed E-state index contributed by atoms with van der Waals surface area (Å²) >= 11 is 12.2. The van der Waals surface area contributed by atoms with Gasteiger partial charge in [-0.2, -0.15) is 0 Å². The van der Waals surface area contributed by atoms with Crippen molar-refractivity contribution in [2.45, 2.75) is 25.9 Å². The van der Waals surface area contributed by atoms with Crippen LogP contribution in [0.5, 0.6) is 0 Å². The zero-order chi connectivity index (χ0) is 29.9. The minimum absolute atomic E-state index is 0.0353. The lowest BCUT2D eigenvalue weighted by Gasteiger charge is -2.44. The summed E-state index contributed by atoms with van der Waals surface area (Å²) in [5.74, 6) is -3.11. The third-order valence-electron chi connectivity index (χ3n) is 6.92. The van der Waals surface area contributed by atoms with Gasteiger partial charge in [0.1, 0.15) is 11.9 Å². The van der Waals surface area contributed by atoms with E-state index in [1.54, 1.807) is 13.8 Å². The Morgan fingerprint density at radius 2 is 1.51 bits per heavy atom. The highest BCUT2D eigenvalue weighted by Crippen LogP contribution is 2.36. The highest BCUT2D eigenvalue weighted by molar-refractivity contribution is 7.92. The lowest BCUT2D eigenvalue weighted by atomic mass is 9.91. The Morgan fingerprint density at radius 1 is 0.976 bits per heavy atom. The number of sulfonamides is 1. The normalized spacial score (nSPS) is 15.0. The summed E-state index contributed by atoms with van der Waals surface area (Å²) in [6.45, 7) is 4.42. The first kappa shape index (κ1) is 30.8. The summed E-state index contributed by atoms with van der Waals surface area (Å²) in [6.07, 6.45) is 0. The number of hydrogen-bond acceptors (Lipinski definition) is 5. The number of nitrogens with one attached hydrogen (secondary N) is 2. The molecular weight excluding hydrogens is 590 g/mol. The molecule has 0 spiro atoms. The molecule has 1 unspecified atom stereocenters. The van der Waals surface area contributed by atoms with Gasteiger partial charge in [0, 0.05) is 34.7 Å². The average Bonchev–Trinajstić information content (AvgIpc) is 2.88. The maximum absolute atomic E-state index is 14.4. The topological polar surface area (TPSA) is 122 Å². The van der Waals surface area contributed by atoms with Crippen molar-refractivity contribution in [3.05, 3.63) is 99.3 Å². The summed E-state index contributed by atoms with van der Waals surface area (Å²) in [6, 6.07) is 17.3. The van der Waals surface area contributed by atoms with Gasteiger partial charge >= 0.3 is 0 Å². The number of nitrogens with two attached hydrogens (primary N) is 1. The number of carbonyl (C=O) groups is 2. The standard InChI is InChI=1S/C29H31Cl2FN4O4S/c1-17(2)26(28(33)37)34-29(38)24-13-23(11-12-25(24)32)35-41(39,40)16-18-14-36(15-18)27(19-3-7-21(30)8-4-19)20-5-9-22(31)10-6-20/h3-13,17-18,26-27,35H,14-16H2,1-2H3,(H2,33,37)(H,34,38). The van der Waals surface area contributed by atoms with Crippen LogP contribution in [0.3, 0.4) is 0 Å². The minimum Gasteiger partial charge on any atom is -0.368 e. The van der Waals surface area contributed by atoms with Gasteiger partial charge in [-0.05, 0) is 59.5 Å². The molecule has 218 valence electrons. The van der Waals surface area contributed by atoms with Gasteiger partial charge in [-0.15, -0.1) is 0 Å². The van der Waals surface area contributed by atoms with E-state index >= 15 is 0 Å². The number of anilines is 1. The third kappa shape index (κ3) is 7.77. The van der Waals surface area contributed by atoms with Gasteiger partial charge in [-0.3, -0.25) is 19.2 Å². The lowest BCUT2D eigenvalue weighted by Crippen LogP contribution is -2.51.